The van der Waals surface area contributed by atoms with Crippen molar-refractivity contribution in [2.75, 3.05) is 32.1 Å². The zero-order valence-electron chi connectivity index (χ0n) is 16.3. The first kappa shape index (κ1) is 19.9. The van der Waals surface area contributed by atoms with Crippen molar-refractivity contribution in [2.45, 2.75) is 32.3 Å². The van der Waals surface area contributed by atoms with E-state index >= 15 is 4.39 Å². The topological polar surface area (TPSA) is 79.0 Å². The Morgan fingerprint density at radius 1 is 1.36 bits per heavy atom. The highest BCUT2D eigenvalue weighted by Crippen LogP contribution is 2.33. The van der Waals surface area contributed by atoms with Crippen molar-refractivity contribution < 1.29 is 23.5 Å². The number of anilines is 1. The molecule has 3 rings (SSSR count). The number of Topliss-reactive ketones (excluding diaryl/α,β-unsaturated/α-hetero) is 1. The zero-order valence-corrected chi connectivity index (χ0v) is 16.3. The third kappa shape index (κ3) is 4.00. The van der Waals surface area contributed by atoms with Crippen LogP contribution in [-0.4, -0.2) is 56.0 Å². The van der Waals surface area contributed by atoms with Gasteiger partial charge in [0.05, 0.1) is 18.8 Å². The molecule has 0 radical (unpaired) electrons. The van der Waals surface area contributed by atoms with Gasteiger partial charge in [-0.3, -0.25) is 14.5 Å². The van der Waals surface area contributed by atoms with Crippen LogP contribution in [0.3, 0.4) is 0 Å². The monoisotopic (exact) mass is 389 g/mol. The van der Waals surface area contributed by atoms with Gasteiger partial charge < -0.3 is 15.0 Å². The van der Waals surface area contributed by atoms with Crippen LogP contribution in [0.25, 0.3) is 0 Å². The van der Waals surface area contributed by atoms with E-state index in [1.807, 2.05) is 14.1 Å². The minimum atomic E-state index is -0.664. The molecule has 1 fully saturated rings. The number of hydrogen-bond acceptors (Lipinski definition) is 5. The molecule has 1 N–H and O–H groups in total. The largest absolute Gasteiger partial charge is 0.442 e. The second-order valence-corrected chi connectivity index (χ2v) is 7.28. The molecule has 7 nitrogen and oxygen atoms in total. The molecular formula is C20H24FN3O4. The summed E-state index contributed by atoms with van der Waals surface area (Å²) < 4.78 is 20.5. The normalized spacial score (nSPS) is 20.6. The fourth-order valence-electron chi connectivity index (χ4n) is 3.53. The lowest BCUT2D eigenvalue weighted by Crippen LogP contribution is -2.33. The van der Waals surface area contributed by atoms with Crippen molar-refractivity contribution >= 4 is 23.5 Å². The molecule has 0 spiro atoms. The number of cyclic esters (lactones) is 1. The van der Waals surface area contributed by atoms with Crippen molar-refractivity contribution in [3.8, 4) is 0 Å². The first-order chi connectivity index (χ1) is 13.3. The van der Waals surface area contributed by atoms with E-state index in [0.29, 0.717) is 36.0 Å². The highest BCUT2D eigenvalue weighted by Gasteiger charge is 2.35. The van der Waals surface area contributed by atoms with Gasteiger partial charge in [-0.2, -0.15) is 0 Å². The first-order valence-corrected chi connectivity index (χ1v) is 9.23. The average Bonchev–Trinajstić information content (AvgIpc) is 2.91. The smallest absolute Gasteiger partial charge is 0.414 e. The van der Waals surface area contributed by atoms with E-state index in [4.69, 9.17) is 4.74 Å². The summed E-state index contributed by atoms with van der Waals surface area (Å²) in [5.74, 6) is -0.973. The molecule has 0 aromatic heterocycles. The number of carbonyl (C=O) groups is 3. The number of halogens is 1. The van der Waals surface area contributed by atoms with Crippen LogP contribution in [0.5, 0.6) is 0 Å². The van der Waals surface area contributed by atoms with Gasteiger partial charge in [0.25, 0.3) is 0 Å². The molecule has 1 heterocycles. The molecule has 1 saturated heterocycles. The molecule has 8 heteroatoms. The van der Waals surface area contributed by atoms with Gasteiger partial charge >= 0.3 is 6.09 Å². The second kappa shape index (κ2) is 8.00. The Morgan fingerprint density at radius 2 is 2.11 bits per heavy atom. The minimum absolute atomic E-state index is 0.0990. The van der Waals surface area contributed by atoms with E-state index < -0.39 is 18.0 Å². The molecular weight excluding hydrogens is 365 g/mol. The van der Waals surface area contributed by atoms with Gasteiger partial charge in [0.15, 0.2) is 11.6 Å². The lowest BCUT2D eigenvalue weighted by atomic mass is 9.98. The fraction of sp³-hybridized carbons (Fsp3) is 0.450. The Balaban J connectivity index is 1.88. The maximum absolute atomic E-state index is 15.3. The third-order valence-corrected chi connectivity index (χ3v) is 4.79. The van der Waals surface area contributed by atoms with Crippen LogP contribution < -0.4 is 10.2 Å². The van der Waals surface area contributed by atoms with Gasteiger partial charge in [0.2, 0.25) is 5.91 Å². The molecule has 1 aliphatic heterocycles. The van der Waals surface area contributed by atoms with Crippen molar-refractivity contribution in [1.29, 1.82) is 0 Å². The molecule has 1 atom stereocenters. The van der Waals surface area contributed by atoms with Crippen molar-refractivity contribution in [1.82, 2.24) is 10.2 Å². The van der Waals surface area contributed by atoms with Crippen LogP contribution in [0.2, 0.25) is 0 Å². The van der Waals surface area contributed by atoms with Gasteiger partial charge in [-0.1, -0.05) is 0 Å². The average molecular weight is 389 g/mol. The van der Waals surface area contributed by atoms with Crippen molar-refractivity contribution in [2.24, 2.45) is 0 Å². The second-order valence-electron chi connectivity index (χ2n) is 7.28. The molecule has 28 heavy (non-hydrogen) atoms. The zero-order chi connectivity index (χ0) is 20.4. The first-order valence-electron chi connectivity index (χ1n) is 9.23. The van der Waals surface area contributed by atoms with E-state index in [2.05, 4.69) is 5.32 Å². The number of carbonyl (C=O) groups excluding carboxylic acids is 3. The van der Waals surface area contributed by atoms with Crippen LogP contribution in [0, 0.1) is 5.82 Å². The van der Waals surface area contributed by atoms with Gasteiger partial charge in [-0.05, 0) is 31.4 Å². The van der Waals surface area contributed by atoms with Crippen LogP contribution in [0.15, 0.2) is 23.9 Å². The molecule has 2 amide bonds. The van der Waals surface area contributed by atoms with Crippen LogP contribution in [0.1, 0.15) is 35.7 Å². The summed E-state index contributed by atoms with van der Waals surface area (Å²) in [4.78, 5) is 39.1. The molecule has 0 bridgehead atoms. The number of hydrogen-bond donors (Lipinski definition) is 1. The van der Waals surface area contributed by atoms with Gasteiger partial charge in [0.1, 0.15) is 6.10 Å². The number of allylic oxidation sites excluding steroid dienone is 1. The lowest BCUT2D eigenvalue weighted by molar-refractivity contribution is -0.119. The molecule has 150 valence electrons. The SMILES string of the molecule is CC(=O)NC[C@H]1CN(c2ccc3c(c2F)CCCC(=CN(C)C)C3=O)C(=O)O1. The van der Waals surface area contributed by atoms with Gasteiger partial charge in [0, 0.05) is 43.9 Å². The Hall–Kier alpha value is -2.90. The number of nitrogens with one attached hydrogen (secondary N) is 1. The Bertz CT molecular complexity index is 850. The number of nitrogens with zero attached hydrogens (tertiary/aromatic N) is 2. The van der Waals surface area contributed by atoms with Crippen molar-refractivity contribution in [3.63, 3.8) is 0 Å². The molecule has 0 saturated carbocycles. The lowest BCUT2D eigenvalue weighted by Gasteiger charge is -2.17. The maximum Gasteiger partial charge on any atom is 0.414 e. The van der Waals surface area contributed by atoms with Gasteiger partial charge in [-0.15, -0.1) is 0 Å². The van der Waals surface area contributed by atoms with E-state index in [0.717, 1.165) is 0 Å². The standard InChI is InChI=1S/C20H24FN3O4/c1-12(25)22-9-14-11-24(20(27)28-14)17-8-7-16-15(18(17)21)6-4-5-13(19(16)26)10-23(2)3/h7-8,10,14H,4-6,9,11H2,1-3H3,(H,22,25)/t14-/m0/s1. The Morgan fingerprint density at radius 3 is 2.79 bits per heavy atom. The number of fused-ring (bicyclic) bond motifs is 1. The van der Waals surface area contributed by atoms with E-state index in [9.17, 15) is 14.4 Å². The quantitative estimate of drug-likeness (QED) is 0.631. The van der Waals surface area contributed by atoms with E-state index in [-0.39, 0.29) is 30.5 Å². The van der Waals surface area contributed by atoms with Crippen LogP contribution in [-0.2, 0) is 16.0 Å². The highest BCUT2D eigenvalue weighted by molar-refractivity contribution is 6.10. The Kier molecular flexibility index (Phi) is 5.67. The minimum Gasteiger partial charge on any atom is -0.442 e. The fourth-order valence-corrected chi connectivity index (χ4v) is 3.53. The predicted octanol–water partition coefficient (Wildman–Crippen LogP) is 2.25. The highest BCUT2D eigenvalue weighted by atomic mass is 19.1. The van der Waals surface area contributed by atoms with Gasteiger partial charge in [-0.25, -0.2) is 9.18 Å². The summed E-state index contributed by atoms with van der Waals surface area (Å²) in [5.41, 5.74) is 1.42. The number of ether oxygens (including phenoxy) is 1. The van der Waals surface area contributed by atoms with E-state index in [1.54, 1.807) is 17.2 Å². The summed E-state index contributed by atoms with van der Waals surface area (Å²) in [7, 11) is 3.68. The van der Waals surface area contributed by atoms with Crippen LogP contribution in [0.4, 0.5) is 14.9 Å². The molecule has 1 aliphatic carbocycles. The summed E-state index contributed by atoms with van der Waals surface area (Å²) in [6.07, 6.45) is 2.20. The van der Waals surface area contributed by atoms with Crippen LogP contribution >= 0.6 is 0 Å². The molecule has 1 aromatic carbocycles. The summed E-state index contributed by atoms with van der Waals surface area (Å²) in [5, 5.41) is 2.59. The summed E-state index contributed by atoms with van der Waals surface area (Å²) in [6.45, 7) is 1.67. The Labute approximate surface area is 163 Å². The molecule has 2 aliphatic rings. The van der Waals surface area contributed by atoms with Crippen molar-refractivity contribution in [3.05, 3.63) is 40.8 Å². The number of amides is 2. The third-order valence-electron chi connectivity index (χ3n) is 4.79. The number of rotatable bonds is 4. The number of ketones is 1. The molecule has 0 unspecified atom stereocenters. The summed E-state index contributed by atoms with van der Waals surface area (Å²) >= 11 is 0. The summed E-state index contributed by atoms with van der Waals surface area (Å²) in [6, 6.07) is 3.03. The predicted molar refractivity (Wildman–Crippen MR) is 102 cm³/mol. The maximum atomic E-state index is 15.3. The molecule has 1 aromatic rings. The van der Waals surface area contributed by atoms with E-state index in [1.165, 1.54) is 17.9 Å². The number of benzene rings is 1.